The number of rotatable bonds is 6. The molecule has 0 bridgehead atoms. The van der Waals surface area contributed by atoms with Gasteiger partial charge in [-0.1, -0.05) is 0 Å². The number of hydrogen-bond acceptors (Lipinski definition) is 3. The molecule has 0 spiro atoms. The van der Waals surface area contributed by atoms with Gasteiger partial charge in [0.05, 0.1) is 5.60 Å². The molecule has 0 unspecified atom stereocenters. The number of thiol groups is 1. The number of aliphatic hydroxyl groups is 1. The zero-order valence-electron chi connectivity index (χ0n) is 10.5. The van der Waals surface area contributed by atoms with Crippen molar-refractivity contribution >= 4 is 18.5 Å². The first-order chi connectivity index (χ1) is 7.32. The van der Waals surface area contributed by atoms with Crippen LogP contribution < -0.4 is 0 Å². The molecule has 0 radical (unpaired) electrons. The van der Waals surface area contributed by atoms with E-state index in [1.54, 1.807) is 18.7 Å². The van der Waals surface area contributed by atoms with Crippen molar-refractivity contribution in [2.75, 3.05) is 18.8 Å². The molecular formula is C12H23NO2S. The van der Waals surface area contributed by atoms with Crippen LogP contribution in [0.3, 0.4) is 0 Å². The molecule has 1 rings (SSSR count). The Morgan fingerprint density at radius 1 is 1.50 bits per heavy atom. The molecule has 1 amide bonds. The van der Waals surface area contributed by atoms with Crippen LogP contribution in [-0.4, -0.2) is 40.4 Å². The second kappa shape index (κ2) is 4.96. The Morgan fingerprint density at radius 2 is 2.06 bits per heavy atom. The van der Waals surface area contributed by atoms with Crippen molar-refractivity contribution in [3.63, 3.8) is 0 Å². The molecule has 0 aromatic heterocycles. The van der Waals surface area contributed by atoms with Gasteiger partial charge in [0.1, 0.15) is 0 Å². The van der Waals surface area contributed by atoms with E-state index in [9.17, 15) is 9.90 Å². The first kappa shape index (κ1) is 13.8. The monoisotopic (exact) mass is 245 g/mol. The molecule has 1 fully saturated rings. The molecular weight excluding hydrogens is 222 g/mol. The van der Waals surface area contributed by atoms with E-state index < -0.39 is 5.60 Å². The number of nitrogens with zero attached hydrogens (tertiary/aromatic N) is 1. The quantitative estimate of drug-likeness (QED) is 0.699. The van der Waals surface area contributed by atoms with Crippen molar-refractivity contribution in [2.45, 2.75) is 45.6 Å². The Hall–Kier alpha value is -0.220. The summed E-state index contributed by atoms with van der Waals surface area (Å²) in [6.07, 6.45) is 2.81. The number of carbonyl (C=O) groups excluding carboxylic acids is 1. The average molecular weight is 245 g/mol. The Kier molecular flexibility index (Phi) is 4.29. The molecule has 0 aromatic carbocycles. The van der Waals surface area contributed by atoms with Gasteiger partial charge in [0, 0.05) is 19.5 Å². The van der Waals surface area contributed by atoms with E-state index in [0.717, 1.165) is 18.6 Å². The van der Waals surface area contributed by atoms with Crippen LogP contribution in [0.25, 0.3) is 0 Å². The molecule has 0 aliphatic heterocycles. The molecule has 4 heteroatoms. The Bertz CT molecular complexity index is 256. The summed E-state index contributed by atoms with van der Waals surface area (Å²) in [6.45, 7) is 6.48. The Balaban J connectivity index is 2.50. The van der Waals surface area contributed by atoms with E-state index in [0.29, 0.717) is 19.5 Å². The minimum Gasteiger partial charge on any atom is -0.389 e. The molecule has 1 aliphatic rings. The highest BCUT2D eigenvalue weighted by atomic mass is 32.1. The summed E-state index contributed by atoms with van der Waals surface area (Å²) in [5, 5.41) is 9.73. The first-order valence-electron chi connectivity index (χ1n) is 5.93. The summed E-state index contributed by atoms with van der Waals surface area (Å²) < 4.78 is 0. The van der Waals surface area contributed by atoms with E-state index in [1.807, 2.05) is 6.92 Å². The standard InChI is InChI=1S/C12H23NO2S/c1-4-13(8-11(2,3)15)10(14)7-12(9-16)5-6-12/h15-16H,4-9H2,1-3H3. The molecule has 1 aliphatic carbocycles. The zero-order valence-corrected chi connectivity index (χ0v) is 11.4. The molecule has 16 heavy (non-hydrogen) atoms. The van der Waals surface area contributed by atoms with Gasteiger partial charge in [-0.25, -0.2) is 0 Å². The normalized spacial score (nSPS) is 18.3. The summed E-state index contributed by atoms with van der Waals surface area (Å²) >= 11 is 4.30. The Morgan fingerprint density at radius 3 is 2.38 bits per heavy atom. The van der Waals surface area contributed by atoms with Gasteiger partial charge in [-0.3, -0.25) is 4.79 Å². The van der Waals surface area contributed by atoms with E-state index in [1.165, 1.54) is 0 Å². The highest BCUT2D eigenvalue weighted by Crippen LogP contribution is 2.49. The molecule has 1 N–H and O–H groups in total. The lowest BCUT2D eigenvalue weighted by Gasteiger charge is -2.29. The fourth-order valence-corrected chi connectivity index (χ4v) is 2.27. The van der Waals surface area contributed by atoms with Gasteiger partial charge in [0.15, 0.2) is 0 Å². The molecule has 0 aromatic rings. The fourth-order valence-electron chi connectivity index (χ4n) is 1.84. The summed E-state index contributed by atoms with van der Waals surface area (Å²) in [5.74, 6) is 0.940. The predicted octanol–water partition coefficient (Wildman–Crippen LogP) is 1.71. The largest absolute Gasteiger partial charge is 0.389 e. The van der Waals surface area contributed by atoms with Crippen molar-refractivity contribution in [2.24, 2.45) is 5.41 Å². The van der Waals surface area contributed by atoms with Crippen molar-refractivity contribution < 1.29 is 9.90 Å². The summed E-state index contributed by atoms with van der Waals surface area (Å²) in [5.41, 5.74) is -0.656. The van der Waals surface area contributed by atoms with Gasteiger partial charge in [0.25, 0.3) is 0 Å². The van der Waals surface area contributed by atoms with Crippen LogP contribution in [0.4, 0.5) is 0 Å². The lowest BCUT2D eigenvalue weighted by molar-refractivity contribution is -0.135. The van der Waals surface area contributed by atoms with Crippen LogP contribution in [0.15, 0.2) is 0 Å². The van der Waals surface area contributed by atoms with Gasteiger partial charge < -0.3 is 10.0 Å². The SMILES string of the molecule is CCN(CC(C)(C)O)C(=O)CC1(CS)CC1. The minimum atomic E-state index is -0.816. The molecule has 0 saturated heterocycles. The van der Waals surface area contributed by atoms with Crippen molar-refractivity contribution in [1.29, 1.82) is 0 Å². The van der Waals surface area contributed by atoms with E-state index in [-0.39, 0.29) is 11.3 Å². The van der Waals surface area contributed by atoms with Crippen LogP contribution in [0, 0.1) is 5.41 Å². The topological polar surface area (TPSA) is 40.5 Å². The third-order valence-electron chi connectivity index (χ3n) is 3.13. The molecule has 0 atom stereocenters. The van der Waals surface area contributed by atoms with Gasteiger partial charge in [-0.05, 0) is 44.8 Å². The van der Waals surface area contributed by atoms with Crippen LogP contribution >= 0.6 is 12.6 Å². The fraction of sp³-hybridized carbons (Fsp3) is 0.917. The third-order valence-corrected chi connectivity index (χ3v) is 3.80. The van der Waals surface area contributed by atoms with Crippen LogP contribution in [0.1, 0.15) is 40.0 Å². The van der Waals surface area contributed by atoms with Crippen LogP contribution in [0.2, 0.25) is 0 Å². The highest BCUT2D eigenvalue weighted by Gasteiger charge is 2.43. The number of carbonyl (C=O) groups is 1. The van der Waals surface area contributed by atoms with Crippen molar-refractivity contribution in [1.82, 2.24) is 4.90 Å². The second-order valence-corrected chi connectivity index (χ2v) is 5.87. The third kappa shape index (κ3) is 3.98. The summed E-state index contributed by atoms with van der Waals surface area (Å²) in [7, 11) is 0. The summed E-state index contributed by atoms with van der Waals surface area (Å²) in [4.78, 5) is 13.8. The maximum atomic E-state index is 12.0. The van der Waals surface area contributed by atoms with Gasteiger partial charge in [-0.2, -0.15) is 12.6 Å². The van der Waals surface area contributed by atoms with Gasteiger partial charge >= 0.3 is 0 Å². The lowest BCUT2D eigenvalue weighted by Crippen LogP contribution is -2.42. The minimum absolute atomic E-state index is 0.149. The first-order valence-corrected chi connectivity index (χ1v) is 6.56. The predicted molar refractivity (Wildman–Crippen MR) is 68.7 cm³/mol. The lowest BCUT2D eigenvalue weighted by atomic mass is 10.0. The zero-order chi connectivity index (χ0) is 12.4. The highest BCUT2D eigenvalue weighted by molar-refractivity contribution is 7.80. The van der Waals surface area contributed by atoms with Gasteiger partial charge in [0.2, 0.25) is 5.91 Å². The van der Waals surface area contributed by atoms with E-state index in [2.05, 4.69) is 12.6 Å². The number of amides is 1. The molecule has 1 saturated carbocycles. The number of likely N-dealkylation sites (N-methyl/N-ethyl adjacent to an activating group) is 1. The average Bonchev–Trinajstić information content (AvgIpc) is 2.93. The molecule has 0 heterocycles. The van der Waals surface area contributed by atoms with Crippen LogP contribution in [0.5, 0.6) is 0 Å². The maximum Gasteiger partial charge on any atom is 0.223 e. The molecule has 94 valence electrons. The molecule has 3 nitrogen and oxygen atoms in total. The smallest absolute Gasteiger partial charge is 0.223 e. The van der Waals surface area contributed by atoms with Crippen molar-refractivity contribution in [3.05, 3.63) is 0 Å². The number of hydrogen-bond donors (Lipinski definition) is 2. The second-order valence-electron chi connectivity index (χ2n) is 5.56. The Labute approximate surface area is 104 Å². The van der Waals surface area contributed by atoms with E-state index >= 15 is 0 Å². The maximum absolute atomic E-state index is 12.0. The van der Waals surface area contributed by atoms with E-state index in [4.69, 9.17) is 0 Å². The summed E-state index contributed by atoms with van der Waals surface area (Å²) in [6, 6.07) is 0. The van der Waals surface area contributed by atoms with Crippen LogP contribution in [-0.2, 0) is 4.79 Å². The van der Waals surface area contributed by atoms with Crippen molar-refractivity contribution in [3.8, 4) is 0 Å². The van der Waals surface area contributed by atoms with Gasteiger partial charge in [-0.15, -0.1) is 0 Å².